The van der Waals surface area contributed by atoms with Crippen LogP contribution >= 0.6 is 0 Å². The Morgan fingerprint density at radius 1 is 0.906 bits per heavy atom. The molecule has 0 bridgehead atoms. The molecule has 0 atom stereocenters. The number of likely N-dealkylation sites (N-methyl/N-ethyl adjacent to an activating group) is 1. The Morgan fingerprint density at radius 3 is 2.19 bits per heavy atom. The topological polar surface area (TPSA) is 66.9 Å². The first-order valence-electron chi connectivity index (χ1n) is 10.4. The summed E-state index contributed by atoms with van der Waals surface area (Å²) in [7, 11) is -2.33. The molecule has 0 aliphatic heterocycles. The van der Waals surface area contributed by atoms with Crippen molar-refractivity contribution in [3.05, 3.63) is 90.0 Å². The van der Waals surface area contributed by atoms with Gasteiger partial charge in [0.1, 0.15) is 12.3 Å². The van der Waals surface area contributed by atoms with Gasteiger partial charge in [0.05, 0.1) is 17.2 Å². The lowest BCUT2D eigenvalue weighted by atomic mass is 10.1. The molecule has 0 heterocycles. The van der Waals surface area contributed by atoms with Crippen LogP contribution in [0.5, 0.6) is 5.75 Å². The van der Waals surface area contributed by atoms with Gasteiger partial charge in [0.15, 0.2) is 0 Å². The molecular weight excluding hydrogens is 424 g/mol. The van der Waals surface area contributed by atoms with Gasteiger partial charge in [-0.3, -0.25) is 9.10 Å². The van der Waals surface area contributed by atoms with E-state index in [1.807, 2.05) is 38.1 Å². The Balaban J connectivity index is 1.94. The Kier molecular flexibility index (Phi) is 7.53. The lowest BCUT2D eigenvalue weighted by molar-refractivity contribution is -0.128. The van der Waals surface area contributed by atoms with Crippen molar-refractivity contribution in [3.8, 4) is 5.75 Å². The van der Waals surface area contributed by atoms with Crippen molar-refractivity contribution in [2.24, 2.45) is 0 Å². The Bertz CT molecular complexity index is 1150. The fourth-order valence-corrected chi connectivity index (χ4v) is 4.70. The van der Waals surface area contributed by atoms with E-state index in [4.69, 9.17) is 4.74 Å². The molecule has 6 nitrogen and oxygen atoms in total. The molecule has 3 aromatic carbocycles. The number of carbonyl (C=O) groups excluding carboxylic acids is 1. The second-order valence-corrected chi connectivity index (χ2v) is 9.32. The van der Waals surface area contributed by atoms with Crippen LogP contribution in [0.15, 0.2) is 83.8 Å². The number of carbonyl (C=O) groups is 1. The summed E-state index contributed by atoms with van der Waals surface area (Å²) in [5, 5.41) is 0. The highest BCUT2D eigenvalue weighted by atomic mass is 32.2. The number of sulfonamides is 1. The molecular formula is C25H28N2O4S. The Labute approximate surface area is 190 Å². The third-order valence-electron chi connectivity index (χ3n) is 5.01. The SMILES string of the molecule is CCOc1ccccc1N(CC(=O)N(C)Cc1ccc(C)cc1)S(=O)(=O)c1ccccc1. The van der Waals surface area contributed by atoms with Crippen LogP contribution in [0, 0.1) is 6.92 Å². The van der Waals surface area contributed by atoms with Gasteiger partial charge in [-0.15, -0.1) is 0 Å². The van der Waals surface area contributed by atoms with Crippen LogP contribution in [0.25, 0.3) is 0 Å². The van der Waals surface area contributed by atoms with E-state index in [9.17, 15) is 13.2 Å². The molecule has 0 unspecified atom stereocenters. The summed E-state index contributed by atoms with van der Waals surface area (Å²) in [4.78, 5) is 14.8. The number of rotatable bonds is 9. The monoisotopic (exact) mass is 452 g/mol. The van der Waals surface area contributed by atoms with Gasteiger partial charge in [0.25, 0.3) is 10.0 Å². The van der Waals surface area contributed by atoms with Crippen molar-refractivity contribution in [2.75, 3.05) is 24.5 Å². The van der Waals surface area contributed by atoms with Gasteiger partial charge in [-0.05, 0) is 43.7 Å². The number of nitrogens with zero attached hydrogens (tertiary/aromatic N) is 2. The molecule has 0 saturated heterocycles. The van der Waals surface area contributed by atoms with E-state index >= 15 is 0 Å². The van der Waals surface area contributed by atoms with E-state index < -0.39 is 10.0 Å². The summed E-state index contributed by atoms with van der Waals surface area (Å²) < 4.78 is 33.9. The number of ether oxygens (including phenoxy) is 1. The largest absolute Gasteiger partial charge is 0.492 e. The fraction of sp³-hybridized carbons (Fsp3) is 0.240. The first kappa shape index (κ1) is 23.3. The Morgan fingerprint density at radius 2 is 1.53 bits per heavy atom. The molecule has 3 aromatic rings. The van der Waals surface area contributed by atoms with Crippen LogP contribution < -0.4 is 9.04 Å². The minimum absolute atomic E-state index is 0.111. The van der Waals surface area contributed by atoms with Crippen molar-refractivity contribution < 1.29 is 17.9 Å². The van der Waals surface area contributed by atoms with Crippen LogP contribution in [0.1, 0.15) is 18.1 Å². The highest BCUT2D eigenvalue weighted by molar-refractivity contribution is 7.92. The molecule has 0 radical (unpaired) electrons. The third-order valence-corrected chi connectivity index (χ3v) is 6.78. The molecule has 0 saturated carbocycles. The van der Waals surface area contributed by atoms with Gasteiger partial charge in [-0.1, -0.05) is 60.2 Å². The maximum absolute atomic E-state index is 13.5. The minimum Gasteiger partial charge on any atom is -0.492 e. The normalized spacial score (nSPS) is 11.1. The van der Waals surface area contributed by atoms with Crippen molar-refractivity contribution >= 4 is 21.6 Å². The number of hydrogen-bond acceptors (Lipinski definition) is 4. The highest BCUT2D eigenvalue weighted by Gasteiger charge is 2.30. The maximum atomic E-state index is 13.5. The average molecular weight is 453 g/mol. The summed E-state index contributed by atoms with van der Waals surface area (Å²) >= 11 is 0. The summed E-state index contributed by atoms with van der Waals surface area (Å²) in [6.45, 7) is 4.24. The quantitative estimate of drug-likeness (QED) is 0.487. The smallest absolute Gasteiger partial charge is 0.264 e. The zero-order valence-electron chi connectivity index (χ0n) is 18.6. The average Bonchev–Trinajstić information content (AvgIpc) is 2.80. The van der Waals surface area contributed by atoms with E-state index in [0.29, 0.717) is 24.6 Å². The van der Waals surface area contributed by atoms with Crippen molar-refractivity contribution in [1.82, 2.24) is 4.90 Å². The van der Waals surface area contributed by atoms with Crippen molar-refractivity contribution in [3.63, 3.8) is 0 Å². The van der Waals surface area contributed by atoms with E-state index in [0.717, 1.165) is 15.4 Å². The van der Waals surface area contributed by atoms with Gasteiger partial charge in [-0.25, -0.2) is 8.42 Å². The van der Waals surface area contributed by atoms with Crippen molar-refractivity contribution in [1.29, 1.82) is 0 Å². The number of amides is 1. The van der Waals surface area contributed by atoms with Gasteiger partial charge in [0.2, 0.25) is 5.91 Å². The predicted molar refractivity (Wildman–Crippen MR) is 126 cm³/mol. The maximum Gasteiger partial charge on any atom is 0.264 e. The molecule has 32 heavy (non-hydrogen) atoms. The number of para-hydroxylation sites is 2. The molecule has 7 heteroatoms. The molecule has 0 aliphatic carbocycles. The fourth-order valence-electron chi connectivity index (χ4n) is 3.26. The summed E-state index contributed by atoms with van der Waals surface area (Å²) in [6, 6.07) is 22.8. The van der Waals surface area contributed by atoms with Crippen LogP contribution in [0.4, 0.5) is 5.69 Å². The zero-order valence-corrected chi connectivity index (χ0v) is 19.4. The first-order chi connectivity index (χ1) is 15.3. The summed E-state index contributed by atoms with van der Waals surface area (Å²) in [5.74, 6) is 0.0832. The van der Waals surface area contributed by atoms with Gasteiger partial charge in [-0.2, -0.15) is 0 Å². The summed E-state index contributed by atoms with van der Waals surface area (Å²) in [6.07, 6.45) is 0. The third kappa shape index (κ3) is 5.48. The van der Waals surface area contributed by atoms with E-state index in [1.54, 1.807) is 49.5 Å². The molecule has 3 rings (SSSR count). The van der Waals surface area contributed by atoms with Gasteiger partial charge in [0, 0.05) is 13.6 Å². The molecule has 1 amide bonds. The lowest BCUT2D eigenvalue weighted by Crippen LogP contribution is -2.41. The molecule has 168 valence electrons. The molecule has 0 spiro atoms. The van der Waals surface area contributed by atoms with Crippen LogP contribution in [-0.4, -0.2) is 39.4 Å². The number of anilines is 1. The number of hydrogen-bond donors (Lipinski definition) is 0. The van der Waals surface area contributed by atoms with Crippen LogP contribution in [0.2, 0.25) is 0 Å². The van der Waals surface area contributed by atoms with E-state index in [2.05, 4.69) is 0 Å². The van der Waals surface area contributed by atoms with Crippen LogP contribution in [0.3, 0.4) is 0 Å². The van der Waals surface area contributed by atoms with Crippen molar-refractivity contribution in [2.45, 2.75) is 25.3 Å². The molecule has 0 aromatic heterocycles. The second kappa shape index (κ2) is 10.3. The lowest BCUT2D eigenvalue weighted by Gasteiger charge is -2.28. The van der Waals surface area contributed by atoms with Gasteiger partial charge < -0.3 is 9.64 Å². The second-order valence-electron chi connectivity index (χ2n) is 7.46. The number of benzene rings is 3. The number of aryl methyl sites for hydroxylation is 1. The molecule has 0 N–H and O–H groups in total. The first-order valence-corrected chi connectivity index (χ1v) is 11.9. The zero-order chi connectivity index (χ0) is 23.1. The Hall–Kier alpha value is -3.32. The van der Waals surface area contributed by atoms with E-state index in [1.165, 1.54) is 17.0 Å². The van der Waals surface area contributed by atoms with E-state index in [-0.39, 0.29) is 17.3 Å². The summed E-state index contributed by atoms with van der Waals surface area (Å²) in [5.41, 5.74) is 2.43. The predicted octanol–water partition coefficient (Wildman–Crippen LogP) is 4.25. The molecule has 0 fully saturated rings. The highest BCUT2D eigenvalue weighted by Crippen LogP contribution is 2.32. The van der Waals surface area contributed by atoms with Gasteiger partial charge >= 0.3 is 0 Å². The standard InChI is InChI=1S/C25H28N2O4S/c1-4-31-24-13-9-8-12-23(24)27(32(29,30)22-10-6-5-7-11-22)19-25(28)26(3)18-21-16-14-20(2)15-17-21/h5-17H,4,18-19H2,1-3H3. The minimum atomic E-state index is -4.00. The van der Waals surface area contributed by atoms with Crippen LogP contribution in [-0.2, 0) is 21.4 Å². The molecule has 0 aliphatic rings.